The van der Waals surface area contributed by atoms with Gasteiger partial charge in [-0.2, -0.15) is 0 Å². The third kappa shape index (κ3) is 5.11. The van der Waals surface area contributed by atoms with E-state index in [1.54, 1.807) is 16.2 Å². The van der Waals surface area contributed by atoms with E-state index in [4.69, 9.17) is 0 Å². The van der Waals surface area contributed by atoms with Gasteiger partial charge in [0.25, 0.3) is 5.91 Å². The first-order valence-corrected chi connectivity index (χ1v) is 11.6. The van der Waals surface area contributed by atoms with Gasteiger partial charge in [-0.15, -0.1) is 11.3 Å². The first-order valence-electron chi connectivity index (χ1n) is 10.8. The zero-order valence-corrected chi connectivity index (χ0v) is 18.9. The van der Waals surface area contributed by atoms with E-state index in [2.05, 4.69) is 12.2 Å². The van der Waals surface area contributed by atoms with E-state index in [0.717, 1.165) is 34.3 Å². The highest BCUT2D eigenvalue weighted by molar-refractivity contribution is 7.17. The molecule has 0 unspecified atom stereocenters. The van der Waals surface area contributed by atoms with Gasteiger partial charge in [-0.3, -0.25) is 9.59 Å². The van der Waals surface area contributed by atoms with E-state index in [1.807, 2.05) is 60.2 Å². The van der Waals surface area contributed by atoms with Crippen molar-refractivity contribution in [1.82, 2.24) is 9.88 Å². The first-order chi connectivity index (χ1) is 14.5. The van der Waals surface area contributed by atoms with Crippen molar-refractivity contribution in [3.63, 3.8) is 0 Å². The Morgan fingerprint density at radius 3 is 2.67 bits per heavy atom. The fourth-order valence-electron chi connectivity index (χ4n) is 3.70. The van der Waals surface area contributed by atoms with Crippen molar-refractivity contribution in [2.45, 2.75) is 53.0 Å². The van der Waals surface area contributed by atoms with E-state index in [0.29, 0.717) is 18.8 Å². The van der Waals surface area contributed by atoms with Crippen LogP contribution < -0.4 is 10.2 Å². The maximum atomic E-state index is 13.2. The first kappa shape index (κ1) is 22.1. The number of fused-ring (bicyclic) bond motifs is 1. The molecule has 0 spiro atoms. The van der Waals surface area contributed by atoms with Crippen LogP contribution in [0.5, 0.6) is 0 Å². The summed E-state index contributed by atoms with van der Waals surface area (Å²) in [7, 11) is 0. The van der Waals surface area contributed by atoms with Crippen LogP contribution in [0.15, 0.2) is 41.8 Å². The normalized spacial score (nSPS) is 11.0. The summed E-state index contributed by atoms with van der Waals surface area (Å²) in [6.07, 6.45) is 4.45. The molecule has 30 heavy (non-hydrogen) atoms. The highest BCUT2D eigenvalue weighted by Crippen LogP contribution is 2.26. The van der Waals surface area contributed by atoms with Crippen molar-refractivity contribution in [2.24, 2.45) is 0 Å². The number of carbonyl (C=O) groups excluding carboxylic acids is 2. The Morgan fingerprint density at radius 2 is 1.93 bits per heavy atom. The van der Waals surface area contributed by atoms with E-state index in [-0.39, 0.29) is 18.4 Å². The van der Waals surface area contributed by atoms with Crippen LogP contribution in [-0.2, 0) is 11.3 Å². The van der Waals surface area contributed by atoms with Crippen LogP contribution >= 0.6 is 11.3 Å². The van der Waals surface area contributed by atoms with Gasteiger partial charge in [0.05, 0.1) is 10.2 Å². The van der Waals surface area contributed by atoms with E-state index < -0.39 is 0 Å². The lowest BCUT2D eigenvalue weighted by Gasteiger charge is -2.22. The van der Waals surface area contributed by atoms with E-state index in [9.17, 15) is 9.59 Å². The monoisotopic (exact) mass is 425 g/mol. The average molecular weight is 426 g/mol. The number of rotatable bonds is 10. The Labute approximate surface area is 182 Å². The molecule has 0 bridgehead atoms. The lowest BCUT2D eigenvalue weighted by Crippen LogP contribution is -2.35. The quantitative estimate of drug-likeness (QED) is 0.444. The molecule has 1 N–H and O–H groups in total. The Morgan fingerprint density at radius 1 is 1.10 bits per heavy atom. The van der Waals surface area contributed by atoms with Crippen LogP contribution in [-0.4, -0.2) is 29.5 Å². The summed E-state index contributed by atoms with van der Waals surface area (Å²) in [6, 6.07) is 11.8. The zero-order chi connectivity index (χ0) is 21.5. The number of hydrogen-bond acceptors (Lipinski definition) is 3. The van der Waals surface area contributed by atoms with Crippen molar-refractivity contribution < 1.29 is 9.59 Å². The molecule has 2 heterocycles. The van der Waals surface area contributed by atoms with Gasteiger partial charge in [-0.25, -0.2) is 0 Å². The van der Waals surface area contributed by atoms with Gasteiger partial charge in [-0.1, -0.05) is 38.3 Å². The summed E-state index contributed by atoms with van der Waals surface area (Å²) < 4.78 is 2.88. The second-order valence-corrected chi connectivity index (χ2v) is 8.53. The predicted octanol–water partition coefficient (Wildman–Crippen LogP) is 5.37. The number of nitrogens with zero attached hydrogens (tertiary/aromatic N) is 2. The molecular weight excluding hydrogens is 394 g/mol. The van der Waals surface area contributed by atoms with Crippen molar-refractivity contribution >= 4 is 39.1 Å². The molecule has 3 aromatic rings. The summed E-state index contributed by atoms with van der Waals surface area (Å²) >= 11 is 1.59. The van der Waals surface area contributed by atoms with Crippen LogP contribution in [0.1, 0.15) is 55.6 Å². The number of thiophene rings is 1. The Bertz CT molecular complexity index is 1000. The molecule has 2 amide bonds. The molecule has 1 aromatic carbocycles. The highest BCUT2D eigenvalue weighted by Gasteiger charge is 2.21. The molecule has 0 saturated carbocycles. The molecule has 5 nitrogen and oxygen atoms in total. The van der Waals surface area contributed by atoms with Gasteiger partial charge < -0.3 is 14.8 Å². The zero-order valence-electron chi connectivity index (χ0n) is 18.1. The maximum Gasteiger partial charge on any atom is 0.267 e. The molecular formula is C24H31N3O2S. The molecule has 0 aliphatic heterocycles. The minimum absolute atomic E-state index is 0.0243. The van der Waals surface area contributed by atoms with Gasteiger partial charge in [0.2, 0.25) is 5.91 Å². The van der Waals surface area contributed by atoms with Crippen molar-refractivity contribution in [2.75, 3.05) is 18.0 Å². The number of likely N-dealkylation sites (N-methyl/N-ethyl adjacent to an activating group) is 1. The summed E-state index contributed by atoms with van der Waals surface area (Å²) in [5.41, 5.74) is 3.49. The number of nitrogens with one attached hydrogen (secondary N) is 1. The van der Waals surface area contributed by atoms with Gasteiger partial charge in [0, 0.05) is 18.8 Å². The molecule has 0 atom stereocenters. The smallest absolute Gasteiger partial charge is 0.267 e. The Kier molecular flexibility index (Phi) is 7.69. The molecule has 0 saturated heterocycles. The number of unbranched alkanes of at least 4 members (excludes halogenated alkanes) is 3. The number of aromatic nitrogens is 1. The number of carbonyl (C=O) groups is 2. The number of benzene rings is 1. The molecule has 6 heteroatoms. The molecule has 3 rings (SSSR count). The molecule has 0 aliphatic carbocycles. The van der Waals surface area contributed by atoms with Crippen LogP contribution in [0, 0.1) is 6.92 Å². The molecule has 0 fully saturated rings. The standard InChI is InChI=1S/C24H31N3O2S/c1-4-6-7-8-13-25-24(29)21-16-22-20(12-14-30-22)27(21)17-23(28)26(5-2)19-11-9-10-18(3)15-19/h9-12,14-16H,4-8,13,17H2,1-3H3,(H,25,29). The SMILES string of the molecule is CCCCCCNC(=O)c1cc2sccc2n1CC(=O)N(CC)c1cccc(C)c1. The number of aryl methyl sites for hydroxylation is 1. The van der Waals surface area contributed by atoms with E-state index in [1.165, 1.54) is 12.8 Å². The topological polar surface area (TPSA) is 54.3 Å². The largest absolute Gasteiger partial charge is 0.351 e. The van der Waals surface area contributed by atoms with Crippen LogP contribution in [0.3, 0.4) is 0 Å². The Hall–Kier alpha value is -2.60. The van der Waals surface area contributed by atoms with Gasteiger partial charge >= 0.3 is 0 Å². The van der Waals surface area contributed by atoms with Crippen LogP contribution in [0.4, 0.5) is 5.69 Å². The third-order valence-corrected chi connectivity index (χ3v) is 6.15. The predicted molar refractivity (Wildman–Crippen MR) is 125 cm³/mol. The minimum Gasteiger partial charge on any atom is -0.351 e. The number of amides is 2. The van der Waals surface area contributed by atoms with E-state index >= 15 is 0 Å². The summed E-state index contributed by atoms with van der Waals surface area (Å²) in [6.45, 7) is 7.54. The lowest BCUT2D eigenvalue weighted by molar-refractivity contribution is -0.119. The molecule has 160 valence electrons. The van der Waals surface area contributed by atoms with Crippen LogP contribution in [0.2, 0.25) is 0 Å². The third-order valence-electron chi connectivity index (χ3n) is 5.30. The second-order valence-electron chi connectivity index (χ2n) is 7.58. The molecule has 0 aliphatic rings. The molecule has 0 radical (unpaired) electrons. The summed E-state index contributed by atoms with van der Waals surface area (Å²) in [5, 5.41) is 5.02. The van der Waals surface area contributed by atoms with Gasteiger partial charge in [0.15, 0.2) is 0 Å². The lowest BCUT2D eigenvalue weighted by atomic mass is 10.2. The van der Waals surface area contributed by atoms with Crippen molar-refractivity contribution in [3.8, 4) is 0 Å². The van der Waals surface area contributed by atoms with Crippen molar-refractivity contribution in [1.29, 1.82) is 0 Å². The second kappa shape index (κ2) is 10.4. The summed E-state index contributed by atoms with van der Waals surface area (Å²) in [5.74, 6) is -0.134. The minimum atomic E-state index is -0.110. The van der Waals surface area contributed by atoms with Crippen LogP contribution in [0.25, 0.3) is 10.2 Å². The maximum absolute atomic E-state index is 13.2. The van der Waals surface area contributed by atoms with Gasteiger partial charge in [0.1, 0.15) is 12.2 Å². The number of anilines is 1. The number of hydrogen-bond donors (Lipinski definition) is 1. The fourth-order valence-corrected chi connectivity index (χ4v) is 4.52. The highest BCUT2D eigenvalue weighted by atomic mass is 32.1. The average Bonchev–Trinajstić information content (AvgIpc) is 3.31. The molecule has 2 aromatic heterocycles. The van der Waals surface area contributed by atoms with Gasteiger partial charge in [-0.05, 0) is 55.5 Å². The summed E-state index contributed by atoms with van der Waals surface area (Å²) in [4.78, 5) is 27.8. The fraction of sp³-hybridized carbons (Fsp3) is 0.417. The Balaban J connectivity index is 1.79. The van der Waals surface area contributed by atoms with Crippen molar-refractivity contribution in [3.05, 3.63) is 53.0 Å².